The van der Waals surface area contributed by atoms with E-state index in [4.69, 9.17) is 0 Å². The molecule has 14 heteroatoms. The molecule has 0 aliphatic heterocycles. The summed E-state index contributed by atoms with van der Waals surface area (Å²) >= 11 is 0. The number of esters is 2. The van der Waals surface area contributed by atoms with Crippen LogP contribution in [-0.4, -0.2) is 43.1 Å². The largest absolute Gasteiger partial charge is 0.465 e. The Balaban J connectivity index is 4.31. The summed E-state index contributed by atoms with van der Waals surface area (Å²) in [5, 5.41) is 0. The van der Waals surface area contributed by atoms with Crippen LogP contribution in [0.4, 0.5) is 35.1 Å². The molecule has 0 fully saturated rings. The first kappa shape index (κ1) is 26.2. The summed E-state index contributed by atoms with van der Waals surface area (Å²) in [5.41, 5.74) is -8.83. The number of rotatable bonds is 6. The maximum Gasteiger partial charge on any atom is 0.456 e. The van der Waals surface area contributed by atoms with E-state index in [0.717, 1.165) is 0 Å². The second-order valence-corrected chi connectivity index (χ2v) is 6.52. The van der Waals surface area contributed by atoms with E-state index in [1.807, 2.05) is 0 Å². The van der Waals surface area contributed by atoms with Crippen LogP contribution in [0.25, 0.3) is 0 Å². The maximum atomic E-state index is 14.5. The third-order valence-electron chi connectivity index (χ3n) is 3.80. The van der Waals surface area contributed by atoms with E-state index in [1.54, 1.807) is 0 Å². The lowest BCUT2D eigenvalue weighted by atomic mass is 9.89. The average Bonchev–Trinajstić information content (AvgIpc) is 2.63. The van der Waals surface area contributed by atoms with Crippen molar-refractivity contribution in [2.24, 2.45) is 5.92 Å². The molecular formula is C17H15F8NO5. The van der Waals surface area contributed by atoms with Crippen molar-refractivity contribution in [3.05, 3.63) is 28.1 Å². The Hall–Kier alpha value is -2.80. The first-order valence-electron chi connectivity index (χ1n) is 8.21. The minimum atomic E-state index is -6.18. The van der Waals surface area contributed by atoms with Gasteiger partial charge in [-0.05, 0) is 17.9 Å². The number of pyridine rings is 1. The fraction of sp³-hybridized carbons (Fsp3) is 0.529. The van der Waals surface area contributed by atoms with E-state index in [9.17, 15) is 49.5 Å². The first-order valence-corrected chi connectivity index (χ1v) is 8.21. The van der Waals surface area contributed by atoms with Crippen LogP contribution in [0.3, 0.4) is 0 Å². The molecule has 174 valence electrons. The third kappa shape index (κ3) is 5.28. The summed E-state index contributed by atoms with van der Waals surface area (Å²) in [7, 11) is 1.25. The molecule has 0 bridgehead atoms. The molecule has 1 rings (SSSR count). The number of alkyl halides is 8. The molecule has 0 atom stereocenters. The number of halogens is 8. The lowest BCUT2D eigenvalue weighted by Crippen LogP contribution is -2.41. The number of nitrogens with zero attached hydrogens (tertiary/aromatic N) is 1. The molecule has 31 heavy (non-hydrogen) atoms. The molecule has 0 saturated heterocycles. The van der Waals surface area contributed by atoms with Crippen LogP contribution < -0.4 is 0 Å². The zero-order valence-corrected chi connectivity index (χ0v) is 16.3. The highest BCUT2D eigenvalue weighted by atomic mass is 19.4. The number of ether oxygens (including phenoxy) is 2. The number of ketones is 1. The second-order valence-electron chi connectivity index (χ2n) is 6.52. The van der Waals surface area contributed by atoms with E-state index in [2.05, 4.69) is 14.5 Å². The molecule has 0 radical (unpaired) electrons. The summed E-state index contributed by atoms with van der Waals surface area (Å²) in [4.78, 5) is 37.9. The molecule has 0 amide bonds. The van der Waals surface area contributed by atoms with Gasteiger partial charge in [-0.25, -0.2) is 14.6 Å². The van der Waals surface area contributed by atoms with Gasteiger partial charge >= 0.3 is 36.0 Å². The van der Waals surface area contributed by atoms with Gasteiger partial charge in [0.15, 0.2) is 5.69 Å². The maximum absolute atomic E-state index is 14.5. The van der Waals surface area contributed by atoms with Gasteiger partial charge in [0.05, 0.1) is 25.3 Å². The van der Waals surface area contributed by atoms with Crippen molar-refractivity contribution in [1.82, 2.24) is 4.98 Å². The number of carbonyl (C=O) groups excluding carboxylic acids is 3. The second kappa shape index (κ2) is 8.75. The summed E-state index contributed by atoms with van der Waals surface area (Å²) in [6, 6.07) is 0. The zero-order chi connectivity index (χ0) is 24.5. The Bertz CT molecular complexity index is 890. The van der Waals surface area contributed by atoms with Gasteiger partial charge in [0, 0.05) is 0 Å². The quantitative estimate of drug-likeness (QED) is 0.465. The Kier molecular flexibility index (Phi) is 7.40. The number of carbonyl (C=O) groups is 3. The number of hydrogen-bond donors (Lipinski definition) is 0. The van der Waals surface area contributed by atoms with Crippen LogP contribution in [0, 0.1) is 5.92 Å². The standard InChI is InChI=1S/C17H15F8NO5/c1-6(2)5-7-8(12(27)30-3)10(15(18,19)14(29)17(23,24)25)26-11(16(20,21)22)9(7)13(28)31-4/h6H,5H2,1-4H3. The van der Waals surface area contributed by atoms with Crippen LogP contribution in [0.15, 0.2) is 0 Å². The predicted octanol–water partition coefficient (Wildman–Crippen LogP) is 4.10. The summed E-state index contributed by atoms with van der Waals surface area (Å²) < 4.78 is 116. The van der Waals surface area contributed by atoms with Gasteiger partial charge in [-0.3, -0.25) is 4.79 Å². The summed E-state index contributed by atoms with van der Waals surface area (Å²) in [6.07, 6.45) is -12.5. The molecule has 0 N–H and O–H groups in total. The first-order chi connectivity index (χ1) is 13.9. The lowest BCUT2D eigenvalue weighted by Gasteiger charge is -2.24. The van der Waals surface area contributed by atoms with Crippen LogP contribution in [0.5, 0.6) is 0 Å². The van der Waals surface area contributed by atoms with Crippen LogP contribution >= 0.6 is 0 Å². The Morgan fingerprint density at radius 3 is 1.58 bits per heavy atom. The molecule has 1 aromatic rings. The van der Waals surface area contributed by atoms with Crippen molar-refractivity contribution in [2.45, 2.75) is 38.5 Å². The van der Waals surface area contributed by atoms with Gasteiger partial charge in [0.25, 0.3) is 0 Å². The van der Waals surface area contributed by atoms with Gasteiger partial charge < -0.3 is 9.47 Å². The molecule has 0 aliphatic rings. The number of hydrogen-bond acceptors (Lipinski definition) is 6. The van der Waals surface area contributed by atoms with Crippen LogP contribution in [0.2, 0.25) is 0 Å². The fourth-order valence-corrected chi connectivity index (χ4v) is 2.61. The molecule has 0 spiro atoms. The number of Topliss-reactive ketones (excluding diaryl/α,β-unsaturated/α-hetero) is 1. The van der Waals surface area contributed by atoms with E-state index in [1.165, 1.54) is 13.8 Å². The fourth-order valence-electron chi connectivity index (χ4n) is 2.61. The van der Waals surface area contributed by atoms with Gasteiger partial charge in [-0.2, -0.15) is 35.1 Å². The van der Waals surface area contributed by atoms with Crippen molar-refractivity contribution in [3.8, 4) is 0 Å². The lowest BCUT2D eigenvalue weighted by molar-refractivity contribution is -0.197. The van der Waals surface area contributed by atoms with Gasteiger partial charge in [-0.1, -0.05) is 13.8 Å². The number of aromatic nitrogens is 1. The Labute approximate surface area is 169 Å². The predicted molar refractivity (Wildman–Crippen MR) is 85.4 cm³/mol. The van der Waals surface area contributed by atoms with E-state index >= 15 is 0 Å². The van der Waals surface area contributed by atoms with Crippen LogP contribution in [0.1, 0.15) is 51.5 Å². The molecule has 6 nitrogen and oxygen atoms in total. The van der Waals surface area contributed by atoms with Gasteiger partial charge in [0.1, 0.15) is 5.69 Å². The zero-order valence-electron chi connectivity index (χ0n) is 16.3. The highest BCUT2D eigenvalue weighted by Crippen LogP contribution is 2.42. The van der Waals surface area contributed by atoms with E-state index in [0.29, 0.717) is 14.2 Å². The molecule has 0 saturated carbocycles. The molecule has 0 unspecified atom stereocenters. The molecule has 1 aromatic heterocycles. The number of methoxy groups -OCH3 is 2. The molecule has 0 aliphatic carbocycles. The van der Waals surface area contributed by atoms with Crippen molar-refractivity contribution in [2.75, 3.05) is 14.2 Å². The van der Waals surface area contributed by atoms with Gasteiger partial charge in [0.2, 0.25) is 0 Å². The van der Waals surface area contributed by atoms with Crippen molar-refractivity contribution >= 4 is 17.7 Å². The highest BCUT2D eigenvalue weighted by Gasteiger charge is 2.59. The van der Waals surface area contributed by atoms with Gasteiger partial charge in [-0.15, -0.1) is 0 Å². The SMILES string of the molecule is COC(=O)c1c(C(F)(F)F)nc(C(F)(F)C(=O)C(F)(F)F)c(C(=O)OC)c1CC(C)C. The molecule has 0 aromatic carbocycles. The average molecular weight is 465 g/mol. The topological polar surface area (TPSA) is 82.6 Å². The summed E-state index contributed by atoms with van der Waals surface area (Å²) in [5.74, 6) is -13.7. The van der Waals surface area contributed by atoms with E-state index < -0.39 is 76.4 Å². The highest BCUT2D eigenvalue weighted by molar-refractivity contribution is 6.02. The normalized spacial score (nSPS) is 12.7. The molecular weight excluding hydrogens is 450 g/mol. The smallest absolute Gasteiger partial charge is 0.456 e. The third-order valence-corrected chi connectivity index (χ3v) is 3.80. The summed E-state index contributed by atoms with van der Waals surface area (Å²) in [6.45, 7) is 2.71. The monoisotopic (exact) mass is 465 g/mol. The Morgan fingerprint density at radius 1 is 0.839 bits per heavy atom. The van der Waals surface area contributed by atoms with Crippen molar-refractivity contribution < 1.29 is 59.0 Å². The minimum Gasteiger partial charge on any atom is -0.465 e. The molecule has 1 heterocycles. The van der Waals surface area contributed by atoms with Crippen molar-refractivity contribution in [3.63, 3.8) is 0 Å². The Morgan fingerprint density at radius 2 is 1.26 bits per heavy atom. The minimum absolute atomic E-state index is 0.602. The van der Waals surface area contributed by atoms with Crippen LogP contribution in [-0.2, 0) is 32.8 Å². The van der Waals surface area contributed by atoms with E-state index in [-0.39, 0.29) is 0 Å². The van der Waals surface area contributed by atoms with Crippen molar-refractivity contribution in [1.29, 1.82) is 0 Å².